The molecule has 0 radical (unpaired) electrons. The molecule has 35 heavy (non-hydrogen) atoms. The topological polar surface area (TPSA) is 55.8 Å². The van der Waals surface area contributed by atoms with Gasteiger partial charge in [-0.3, -0.25) is 4.79 Å². The number of aliphatic hydroxyl groups is 1. The molecule has 7 heteroatoms. The zero-order valence-corrected chi connectivity index (χ0v) is 22.4. The molecule has 1 aliphatic rings. The van der Waals surface area contributed by atoms with Crippen molar-refractivity contribution in [2.45, 2.75) is 103 Å². The molecule has 6 atom stereocenters. The van der Waals surface area contributed by atoms with Crippen LogP contribution in [-0.4, -0.2) is 29.2 Å². The minimum atomic E-state index is -2.72. The first-order valence-electron chi connectivity index (χ1n) is 13.1. The van der Waals surface area contributed by atoms with Crippen LogP contribution in [0.2, 0.25) is 0 Å². The molecule has 1 saturated carbocycles. The SMILES string of the molecule is CCCCC(F)(F)C(C)/C=C/C1C(OP)CC(O)C1CCCCCCC(=O)OCc1ccccc1. The number of unbranched alkanes of at least 4 members (excludes halogenated alkanes) is 4. The summed E-state index contributed by atoms with van der Waals surface area (Å²) in [6, 6.07) is 9.62. The van der Waals surface area contributed by atoms with Crippen molar-refractivity contribution in [2.24, 2.45) is 17.8 Å². The Hall–Kier alpha value is -1.36. The van der Waals surface area contributed by atoms with Crippen LogP contribution in [0, 0.1) is 17.8 Å². The van der Waals surface area contributed by atoms with E-state index in [4.69, 9.17) is 9.26 Å². The molecule has 1 aliphatic carbocycles. The van der Waals surface area contributed by atoms with Crippen molar-refractivity contribution >= 4 is 15.4 Å². The molecule has 4 nitrogen and oxygen atoms in total. The van der Waals surface area contributed by atoms with Gasteiger partial charge in [-0.2, -0.15) is 0 Å². The lowest BCUT2D eigenvalue weighted by Gasteiger charge is -2.24. The summed E-state index contributed by atoms with van der Waals surface area (Å²) in [6.07, 6.45) is 9.19. The molecule has 0 amide bonds. The van der Waals surface area contributed by atoms with E-state index in [1.165, 1.54) is 0 Å². The van der Waals surface area contributed by atoms with Gasteiger partial charge < -0.3 is 14.4 Å². The van der Waals surface area contributed by atoms with E-state index in [0.29, 0.717) is 25.9 Å². The van der Waals surface area contributed by atoms with E-state index in [-0.39, 0.29) is 30.3 Å². The Bertz CT molecular complexity index is 759. The molecule has 1 aromatic carbocycles. The highest BCUT2D eigenvalue weighted by molar-refractivity contribution is 7.09. The lowest BCUT2D eigenvalue weighted by atomic mass is 9.86. The van der Waals surface area contributed by atoms with Crippen LogP contribution in [0.4, 0.5) is 8.78 Å². The Morgan fingerprint density at radius 2 is 1.91 bits per heavy atom. The minimum Gasteiger partial charge on any atom is -0.461 e. The molecule has 0 bridgehead atoms. The van der Waals surface area contributed by atoms with Crippen molar-refractivity contribution < 1.29 is 27.9 Å². The maximum absolute atomic E-state index is 14.4. The normalized spacial score (nSPS) is 23.6. The van der Waals surface area contributed by atoms with Gasteiger partial charge >= 0.3 is 5.97 Å². The van der Waals surface area contributed by atoms with Crippen molar-refractivity contribution in [3.8, 4) is 0 Å². The largest absolute Gasteiger partial charge is 0.461 e. The summed E-state index contributed by atoms with van der Waals surface area (Å²) in [4.78, 5) is 11.9. The first kappa shape index (κ1) is 29.9. The Balaban J connectivity index is 1.73. The van der Waals surface area contributed by atoms with Crippen LogP contribution in [0.25, 0.3) is 0 Å². The molecule has 1 aromatic rings. The second-order valence-electron chi connectivity index (χ2n) is 9.86. The maximum Gasteiger partial charge on any atom is 0.306 e. The zero-order chi connectivity index (χ0) is 25.7. The fourth-order valence-corrected chi connectivity index (χ4v) is 5.08. The average molecular weight is 513 g/mol. The number of hydrogen-bond donors (Lipinski definition) is 1. The Morgan fingerprint density at radius 1 is 1.20 bits per heavy atom. The fourth-order valence-electron chi connectivity index (χ4n) is 4.79. The molecule has 0 heterocycles. The van der Waals surface area contributed by atoms with Crippen molar-refractivity contribution in [1.82, 2.24) is 0 Å². The van der Waals surface area contributed by atoms with Crippen molar-refractivity contribution in [2.75, 3.05) is 0 Å². The lowest BCUT2D eigenvalue weighted by Crippen LogP contribution is -2.25. The van der Waals surface area contributed by atoms with E-state index in [0.717, 1.165) is 44.1 Å². The lowest BCUT2D eigenvalue weighted by molar-refractivity contribution is -0.145. The summed E-state index contributed by atoms with van der Waals surface area (Å²) in [5, 5.41) is 10.6. The van der Waals surface area contributed by atoms with Gasteiger partial charge in [0.1, 0.15) is 6.61 Å². The maximum atomic E-state index is 14.4. The van der Waals surface area contributed by atoms with Gasteiger partial charge in [0.25, 0.3) is 5.92 Å². The number of carbonyl (C=O) groups excluding carboxylic acids is 1. The molecular weight excluding hydrogens is 469 g/mol. The number of carbonyl (C=O) groups is 1. The number of aliphatic hydroxyl groups excluding tert-OH is 1. The molecule has 0 saturated heterocycles. The first-order chi connectivity index (χ1) is 16.8. The number of hydrogen-bond acceptors (Lipinski definition) is 4. The van der Waals surface area contributed by atoms with Crippen LogP contribution in [-0.2, 0) is 20.7 Å². The van der Waals surface area contributed by atoms with Crippen molar-refractivity contribution in [3.63, 3.8) is 0 Å². The quantitative estimate of drug-likeness (QED) is 0.110. The molecule has 0 aliphatic heterocycles. The van der Waals surface area contributed by atoms with Crippen LogP contribution in [0.5, 0.6) is 0 Å². The van der Waals surface area contributed by atoms with Gasteiger partial charge in [0.15, 0.2) is 0 Å². The smallest absolute Gasteiger partial charge is 0.306 e. The Kier molecular flexibility index (Phi) is 13.4. The van der Waals surface area contributed by atoms with Gasteiger partial charge in [-0.25, -0.2) is 8.78 Å². The predicted octanol–water partition coefficient (Wildman–Crippen LogP) is 7.26. The highest BCUT2D eigenvalue weighted by Crippen LogP contribution is 2.40. The van der Waals surface area contributed by atoms with Crippen molar-refractivity contribution in [1.29, 1.82) is 0 Å². The van der Waals surface area contributed by atoms with Crippen LogP contribution >= 0.6 is 9.47 Å². The number of benzene rings is 1. The molecule has 6 unspecified atom stereocenters. The monoisotopic (exact) mass is 512 g/mol. The standard InChI is InChI=1S/C28H43F2O4P/c1-3-4-18-28(29,30)21(2)16-17-24-23(25(31)19-26(24)34-35)14-10-5-6-11-15-27(32)33-20-22-12-8-7-9-13-22/h7-9,12-13,16-17,21,23-26,31H,3-6,10-11,14-15,18-20,35H2,1-2H3/b17-16+. The van der Waals surface area contributed by atoms with E-state index < -0.39 is 17.9 Å². The summed E-state index contributed by atoms with van der Waals surface area (Å²) in [5.41, 5.74) is 0.978. The van der Waals surface area contributed by atoms with E-state index >= 15 is 0 Å². The van der Waals surface area contributed by atoms with Crippen LogP contribution < -0.4 is 0 Å². The van der Waals surface area contributed by atoms with Crippen LogP contribution in [0.15, 0.2) is 42.5 Å². The number of allylic oxidation sites excluding steroid dienone is 1. The van der Waals surface area contributed by atoms with Crippen molar-refractivity contribution in [3.05, 3.63) is 48.0 Å². The molecule has 0 spiro atoms. The highest BCUT2D eigenvalue weighted by Gasteiger charge is 2.41. The number of esters is 1. The summed E-state index contributed by atoms with van der Waals surface area (Å²) in [6.45, 7) is 3.78. The third-order valence-corrected chi connectivity index (χ3v) is 7.48. The summed E-state index contributed by atoms with van der Waals surface area (Å²) < 4.78 is 39.6. The number of alkyl halides is 2. The summed E-state index contributed by atoms with van der Waals surface area (Å²) in [5.74, 6) is -3.85. The summed E-state index contributed by atoms with van der Waals surface area (Å²) >= 11 is 0. The first-order valence-corrected chi connectivity index (χ1v) is 13.5. The minimum absolute atomic E-state index is 0.0101. The van der Waals surface area contributed by atoms with Gasteiger partial charge in [0.05, 0.1) is 12.2 Å². The molecule has 0 aromatic heterocycles. The van der Waals surface area contributed by atoms with Crippen LogP contribution in [0.1, 0.15) is 83.6 Å². The molecule has 1 fully saturated rings. The molecular formula is C28H43F2O4P. The molecule has 198 valence electrons. The predicted molar refractivity (Wildman–Crippen MR) is 139 cm³/mol. The Morgan fingerprint density at radius 3 is 2.60 bits per heavy atom. The number of halogens is 2. The fraction of sp³-hybridized carbons (Fsp3) is 0.679. The summed E-state index contributed by atoms with van der Waals surface area (Å²) in [7, 11) is 2.26. The second kappa shape index (κ2) is 15.7. The average Bonchev–Trinajstić information content (AvgIpc) is 3.16. The van der Waals surface area contributed by atoms with Crippen LogP contribution in [0.3, 0.4) is 0 Å². The third kappa shape index (κ3) is 10.3. The number of rotatable bonds is 16. The highest BCUT2D eigenvalue weighted by atomic mass is 31.0. The Labute approximate surface area is 212 Å². The van der Waals surface area contributed by atoms with Gasteiger partial charge in [0, 0.05) is 40.6 Å². The molecule has 2 rings (SSSR count). The van der Waals surface area contributed by atoms with E-state index in [1.54, 1.807) is 13.0 Å². The molecule has 1 N–H and O–H groups in total. The van der Waals surface area contributed by atoms with E-state index in [1.807, 2.05) is 43.3 Å². The number of ether oxygens (including phenoxy) is 1. The van der Waals surface area contributed by atoms with E-state index in [9.17, 15) is 18.7 Å². The second-order valence-corrected chi connectivity index (χ2v) is 10.1. The van der Waals surface area contributed by atoms with Gasteiger partial charge in [-0.15, -0.1) is 0 Å². The zero-order valence-electron chi connectivity index (χ0n) is 21.2. The third-order valence-electron chi connectivity index (χ3n) is 7.13. The van der Waals surface area contributed by atoms with Gasteiger partial charge in [-0.05, 0) is 30.7 Å². The van der Waals surface area contributed by atoms with E-state index in [2.05, 4.69) is 9.47 Å². The van der Waals surface area contributed by atoms with Gasteiger partial charge in [-0.1, -0.05) is 82.0 Å². The van der Waals surface area contributed by atoms with Gasteiger partial charge in [0.2, 0.25) is 0 Å².